The Morgan fingerprint density at radius 2 is 1.93 bits per heavy atom. The van der Waals surface area contributed by atoms with Crippen LogP contribution in [0.3, 0.4) is 0 Å². The Hall–Kier alpha value is -3.45. The van der Waals surface area contributed by atoms with Crippen LogP contribution in [0.4, 0.5) is 0 Å². The molecule has 1 aromatic carbocycles. The number of Topliss-reactive ketones (excluding diaryl/α,β-unsaturated/α-hetero) is 1. The average molecular weight is 404 g/mol. The van der Waals surface area contributed by atoms with Gasteiger partial charge in [-0.05, 0) is 45.3 Å². The Morgan fingerprint density at radius 3 is 2.67 bits per heavy atom. The molecule has 2 aromatic heterocycles. The van der Waals surface area contributed by atoms with Crippen LogP contribution in [0, 0.1) is 0 Å². The number of amides is 1. The van der Waals surface area contributed by atoms with Gasteiger partial charge in [0.1, 0.15) is 11.8 Å². The maximum Gasteiger partial charge on any atom is 0.295 e. The van der Waals surface area contributed by atoms with Crippen LogP contribution in [0.25, 0.3) is 16.7 Å². The standard InChI is InChI=1S/C23H24N4O3/c1-26(2)12-7-13-27-20(18-10-5-6-11-24-18)19(22(29)23(27)30)21(28)16-14-25-17-9-4-3-8-15(16)17/h3-6,8-11,14,20,25,28H,7,12-13H2,1-2H3/t20-/m1/s1. The third-order valence-corrected chi connectivity index (χ3v) is 5.36. The Balaban J connectivity index is 1.83. The summed E-state index contributed by atoms with van der Waals surface area (Å²) in [6.07, 6.45) is 3.99. The van der Waals surface area contributed by atoms with Gasteiger partial charge in [0.25, 0.3) is 11.7 Å². The van der Waals surface area contributed by atoms with E-state index in [1.165, 1.54) is 4.90 Å². The summed E-state index contributed by atoms with van der Waals surface area (Å²) in [5, 5.41) is 12.0. The molecule has 0 unspecified atom stereocenters. The fourth-order valence-electron chi connectivity index (χ4n) is 3.93. The van der Waals surface area contributed by atoms with E-state index in [0.717, 1.165) is 17.4 Å². The third kappa shape index (κ3) is 3.48. The number of rotatable bonds is 6. The highest BCUT2D eigenvalue weighted by atomic mass is 16.3. The summed E-state index contributed by atoms with van der Waals surface area (Å²) in [5.41, 5.74) is 1.97. The van der Waals surface area contributed by atoms with E-state index >= 15 is 0 Å². The molecule has 2 N–H and O–H groups in total. The number of fused-ring (bicyclic) bond motifs is 1. The summed E-state index contributed by atoms with van der Waals surface area (Å²) in [7, 11) is 3.92. The molecule has 0 bridgehead atoms. The number of pyridine rings is 1. The molecule has 0 saturated carbocycles. The number of benzene rings is 1. The lowest BCUT2D eigenvalue weighted by atomic mass is 9.98. The van der Waals surface area contributed by atoms with E-state index in [1.54, 1.807) is 24.5 Å². The van der Waals surface area contributed by atoms with Gasteiger partial charge in [-0.15, -0.1) is 0 Å². The Bertz CT molecular complexity index is 1120. The zero-order valence-electron chi connectivity index (χ0n) is 17.0. The summed E-state index contributed by atoms with van der Waals surface area (Å²) < 4.78 is 0. The van der Waals surface area contributed by atoms with Crippen LogP contribution in [-0.4, -0.2) is 63.7 Å². The normalized spacial score (nSPS) is 18.6. The molecule has 1 fully saturated rings. The quantitative estimate of drug-likeness (QED) is 0.375. The number of aromatic amines is 1. The van der Waals surface area contributed by atoms with Gasteiger partial charge in [-0.1, -0.05) is 24.3 Å². The lowest BCUT2D eigenvalue weighted by Gasteiger charge is -2.25. The minimum Gasteiger partial charge on any atom is -0.507 e. The number of aliphatic hydroxyl groups is 1. The van der Waals surface area contributed by atoms with Gasteiger partial charge in [-0.2, -0.15) is 0 Å². The summed E-state index contributed by atoms with van der Waals surface area (Å²) in [4.78, 5) is 37.0. The van der Waals surface area contributed by atoms with Gasteiger partial charge >= 0.3 is 0 Å². The zero-order chi connectivity index (χ0) is 21.3. The predicted molar refractivity (Wildman–Crippen MR) is 115 cm³/mol. The van der Waals surface area contributed by atoms with E-state index in [1.807, 2.05) is 49.3 Å². The van der Waals surface area contributed by atoms with Crippen LogP contribution in [-0.2, 0) is 9.59 Å². The topological polar surface area (TPSA) is 89.5 Å². The summed E-state index contributed by atoms with van der Waals surface area (Å²) in [6, 6.07) is 12.2. The molecule has 1 saturated heterocycles. The fourth-order valence-corrected chi connectivity index (χ4v) is 3.93. The molecule has 1 aliphatic heterocycles. The van der Waals surface area contributed by atoms with Crippen molar-refractivity contribution in [3.05, 3.63) is 71.7 Å². The van der Waals surface area contributed by atoms with Crippen molar-refractivity contribution in [2.75, 3.05) is 27.2 Å². The second kappa shape index (κ2) is 8.12. The van der Waals surface area contributed by atoms with Crippen molar-refractivity contribution < 1.29 is 14.7 Å². The minimum absolute atomic E-state index is 0.0771. The van der Waals surface area contributed by atoms with E-state index in [9.17, 15) is 14.7 Å². The Labute approximate surface area is 174 Å². The average Bonchev–Trinajstić information content (AvgIpc) is 3.28. The smallest absolute Gasteiger partial charge is 0.295 e. The van der Waals surface area contributed by atoms with Gasteiger partial charge in [0.15, 0.2) is 0 Å². The first-order valence-electron chi connectivity index (χ1n) is 9.89. The fraction of sp³-hybridized carbons (Fsp3) is 0.261. The highest BCUT2D eigenvalue weighted by molar-refractivity contribution is 6.46. The molecule has 1 aliphatic rings. The Morgan fingerprint density at radius 1 is 1.17 bits per heavy atom. The largest absolute Gasteiger partial charge is 0.507 e. The molecule has 0 aliphatic carbocycles. The van der Waals surface area contributed by atoms with Crippen LogP contribution >= 0.6 is 0 Å². The molecule has 7 nitrogen and oxygen atoms in total. The number of H-pyrrole nitrogens is 1. The monoisotopic (exact) mass is 404 g/mol. The van der Waals surface area contributed by atoms with Crippen molar-refractivity contribution in [1.29, 1.82) is 0 Å². The third-order valence-electron chi connectivity index (χ3n) is 5.36. The van der Waals surface area contributed by atoms with Crippen LogP contribution in [0.1, 0.15) is 23.7 Å². The van der Waals surface area contributed by atoms with Gasteiger partial charge in [-0.25, -0.2) is 0 Å². The first kappa shape index (κ1) is 19.8. The van der Waals surface area contributed by atoms with E-state index < -0.39 is 17.7 Å². The van der Waals surface area contributed by atoms with Crippen molar-refractivity contribution in [3.63, 3.8) is 0 Å². The molecule has 4 rings (SSSR count). The highest BCUT2D eigenvalue weighted by Gasteiger charge is 2.46. The lowest BCUT2D eigenvalue weighted by Crippen LogP contribution is -2.32. The molecule has 0 radical (unpaired) electrons. The van der Waals surface area contributed by atoms with E-state index in [4.69, 9.17) is 0 Å². The summed E-state index contributed by atoms with van der Waals surface area (Å²) in [5.74, 6) is -1.47. The molecule has 154 valence electrons. The summed E-state index contributed by atoms with van der Waals surface area (Å²) >= 11 is 0. The molecular weight excluding hydrogens is 380 g/mol. The number of likely N-dealkylation sites (tertiary alicyclic amines) is 1. The predicted octanol–water partition coefficient (Wildman–Crippen LogP) is 2.94. The first-order valence-corrected chi connectivity index (χ1v) is 9.89. The lowest BCUT2D eigenvalue weighted by molar-refractivity contribution is -0.140. The maximum absolute atomic E-state index is 13.0. The number of para-hydroxylation sites is 1. The van der Waals surface area contributed by atoms with Gasteiger partial charge in [0, 0.05) is 35.4 Å². The number of hydrogen-bond acceptors (Lipinski definition) is 5. The van der Waals surface area contributed by atoms with Crippen molar-refractivity contribution in [1.82, 2.24) is 19.8 Å². The molecule has 1 amide bonds. The van der Waals surface area contributed by atoms with Crippen molar-refractivity contribution >= 4 is 28.4 Å². The zero-order valence-corrected chi connectivity index (χ0v) is 17.0. The number of nitrogens with one attached hydrogen (secondary N) is 1. The molecular formula is C23H24N4O3. The van der Waals surface area contributed by atoms with Crippen molar-refractivity contribution in [2.24, 2.45) is 0 Å². The second-order valence-electron chi connectivity index (χ2n) is 7.65. The number of hydrogen-bond donors (Lipinski definition) is 2. The molecule has 0 spiro atoms. The van der Waals surface area contributed by atoms with Crippen LogP contribution in [0.5, 0.6) is 0 Å². The SMILES string of the molecule is CN(C)CCCN1C(=O)C(=O)C(=C(O)c2c[nH]c3ccccc23)[C@H]1c1ccccn1. The number of aliphatic hydroxyl groups excluding tert-OH is 1. The van der Waals surface area contributed by atoms with Gasteiger partial charge < -0.3 is 19.9 Å². The van der Waals surface area contributed by atoms with Crippen LogP contribution in [0.15, 0.2) is 60.4 Å². The molecule has 3 aromatic rings. The summed E-state index contributed by atoms with van der Waals surface area (Å²) in [6.45, 7) is 1.18. The number of carbonyl (C=O) groups is 2. The number of ketones is 1. The van der Waals surface area contributed by atoms with Crippen LogP contribution in [0.2, 0.25) is 0 Å². The number of carbonyl (C=O) groups excluding carboxylic acids is 2. The van der Waals surface area contributed by atoms with Crippen LogP contribution < -0.4 is 0 Å². The molecule has 3 heterocycles. The van der Waals surface area contributed by atoms with Gasteiger partial charge in [0.2, 0.25) is 0 Å². The number of aromatic nitrogens is 2. The minimum atomic E-state index is -0.720. The molecule has 1 atom stereocenters. The highest BCUT2D eigenvalue weighted by Crippen LogP contribution is 2.39. The number of nitrogens with zero attached hydrogens (tertiary/aromatic N) is 3. The van der Waals surface area contributed by atoms with E-state index in [-0.39, 0.29) is 11.3 Å². The molecule has 7 heteroatoms. The molecule has 30 heavy (non-hydrogen) atoms. The van der Waals surface area contributed by atoms with Gasteiger partial charge in [0.05, 0.1) is 11.3 Å². The van der Waals surface area contributed by atoms with Gasteiger partial charge in [-0.3, -0.25) is 14.6 Å². The first-order chi connectivity index (χ1) is 14.5. The second-order valence-corrected chi connectivity index (χ2v) is 7.65. The Kier molecular flexibility index (Phi) is 5.37. The maximum atomic E-state index is 13.0. The van der Waals surface area contributed by atoms with E-state index in [2.05, 4.69) is 9.97 Å². The van der Waals surface area contributed by atoms with Crippen molar-refractivity contribution in [3.8, 4) is 0 Å². The van der Waals surface area contributed by atoms with E-state index in [0.29, 0.717) is 24.2 Å². The van der Waals surface area contributed by atoms with Crippen molar-refractivity contribution in [2.45, 2.75) is 12.5 Å².